The van der Waals surface area contributed by atoms with Gasteiger partial charge in [0, 0.05) is 25.0 Å². The van der Waals surface area contributed by atoms with E-state index >= 15 is 0 Å². The molecule has 2 aromatic rings. The number of hydrogen-bond acceptors (Lipinski definition) is 3. The first kappa shape index (κ1) is 22.2. The van der Waals surface area contributed by atoms with Crippen molar-refractivity contribution in [3.8, 4) is 0 Å². The predicted molar refractivity (Wildman–Crippen MR) is 127 cm³/mol. The van der Waals surface area contributed by atoms with Crippen molar-refractivity contribution < 1.29 is 0 Å². The standard InChI is InChI=1S/C21H30N4S.HI/c1-22-21(24-16-20-7-6-14-26-20)23-15-18-8-10-19(11-9-18)17-25-12-4-2-3-5-13-25;/h6-11,14H,2-5,12-13,15-17H2,1H3,(H2,22,23,24);1H. The normalized spacial score (nSPS) is 15.7. The Bertz CT molecular complexity index is 662. The number of rotatable bonds is 6. The van der Waals surface area contributed by atoms with Gasteiger partial charge in [-0.25, -0.2) is 0 Å². The fourth-order valence-corrected chi connectivity index (χ4v) is 3.95. The van der Waals surface area contributed by atoms with E-state index in [1.165, 1.54) is 54.8 Å². The lowest BCUT2D eigenvalue weighted by molar-refractivity contribution is 0.277. The van der Waals surface area contributed by atoms with Gasteiger partial charge in [-0.3, -0.25) is 9.89 Å². The average molecular weight is 498 g/mol. The molecule has 0 saturated carbocycles. The molecule has 2 N–H and O–H groups in total. The fourth-order valence-electron chi connectivity index (χ4n) is 3.31. The Morgan fingerprint density at radius 3 is 2.26 bits per heavy atom. The van der Waals surface area contributed by atoms with Crippen LogP contribution in [0.3, 0.4) is 0 Å². The minimum absolute atomic E-state index is 0. The summed E-state index contributed by atoms with van der Waals surface area (Å²) in [5.74, 6) is 0.840. The molecule has 1 aliphatic rings. The van der Waals surface area contributed by atoms with Gasteiger partial charge < -0.3 is 10.6 Å². The van der Waals surface area contributed by atoms with Crippen LogP contribution in [0.5, 0.6) is 0 Å². The predicted octanol–water partition coefficient (Wildman–Crippen LogP) is 4.61. The summed E-state index contributed by atoms with van der Waals surface area (Å²) in [5.41, 5.74) is 2.69. The summed E-state index contributed by atoms with van der Waals surface area (Å²) in [6.45, 7) is 5.17. The Morgan fingerprint density at radius 1 is 0.963 bits per heavy atom. The van der Waals surface area contributed by atoms with Crippen LogP contribution in [-0.4, -0.2) is 31.0 Å². The van der Waals surface area contributed by atoms with Crippen LogP contribution in [0.2, 0.25) is 0 Å². The van der Waals surface area contributed by atoms with E-state index in [0.29, 0.717) is 0 Å². The number of guanidine groups is 1. The number of hydrogen-bond donors (Lipinski definition) is 2. The maximum absolute atomic E-state index is 4.30. The molecule has 3 rings (SSSR count). The molecule has 1 aromatic heterocycles. The van der Waals surface area contributed by atoms with E-state index in [4.69, 9.17) is 0 Å². The van der Waals surface area contributed by atoms with Gasteiger partial charge >= 0.3 is 0 Å². The zero-order chi connectivity index (χ0) is 18.0. The first-order valence-electron chi connectivity index (χ1n) is 9.60. The average Bonchev–Trinajstić information content (AvgIpc) is 3.06. The van der Waals surface area contributed by atoms with Crippen molar-refractivity contribution in [2.24, 2.45) is 4.99 Å². The van der Waals surface area contributed by atoms with Gasteiger partial charge in [-0.2, -0.15) is 0 Å². The number of nitrogens with zero attached hydrogens (tertiary/aromatic N) is 2. The lowest BCUT2D eigenvalue weighted by atomic mass is 10.1. The number of aliphatic imine (C=N–C) groups is 1. The molecular weight excluding hydrogens is 467 g/mol. The SMILES string of the molecule is CN=C(NCc1ccc(CN2CCCCCC2)cc1)NCc1cccs1.I. The van der Waals surface area contributed by atoms with Crippen LogP contribution < -0.4 is 10.6 Å². The van der Waals surface area contributed by atoms with Crippen molar-refractivity contribution >= 4 is 41.3 Å². The third kappa shape index (κ3) is 7.79. The van der Waals surface area contributed by atoms with Gasteiger partial charge in [-0.05, 0) is 48.5 Å². The zero-order valence-electron chi connectivity index (χ0n) is 16.1. The highest BCUT2D eigenvalue weighted by Gasteiger charge is 2.09. The van der Waals surface area contributed by atoms with Crippen LogP contribution in [0.15, 0.2) is 46.8 Å². The van der Waals surface area contributed by atoms with E-state index in [1.54, 1.807) is 11.3 Å². The maximum atomic E-state index is 4.30. The smallest absolute Gasteiger partial charge is 0.191 e. The number of nitrogens with one attached hydrogen (secondary N) is 2. The molecule has 6 heteroatoms. The topological polar surface area (TPSA) is 39.7 Å². The number of thiophene rings is 1. The van der Waals surface area contributed by atoms with Gasteiger partial charge in [-0.1, -0.05) is 43.2 Å². The monoisotopic (exact) mass is 498 g/mol. The molecule has 0 atom stereocenters. The molecule has 1 fully saturated rings. The van der Waals surface area contributed by atoms with E-state index in [0.717, 1.165) is 25.6 Å². The zero-order valence-corrected chi connectivity index (χ0v) is 19.3. The molecule has 2 heterocycles. The third-order valence-corrected chi connectivity index (χ3v) is 5.70. The highest BCUT2D eigenvalue weighted by molar-refractivity contribution is 14.0. The summed E-state index contributed by atoms with van der Waals surface area (Å²) in [7, 11) is 1.81. The summed E-state index contributed by atoms with van der Waals surface area (Å²) in [5, 5.41) is 8.84. The Morgan fingerprint density at radius 2 is 1.63 bits per heavy atom. The maximum Gasteiger partial charge on any atom is 0.191 e. The minimum Gasteiger partial charge on any atom is -0.352 e. The quantitative estimate of drug-likeness (QED) is 0.347. The van der Waals surface area contributed by atoms with Gasteiger partial charge in [0.05, 0.1) is 6.54 Å². The van der Waals surface area contributed by atoms with E-state index in [-0.39, 0.29) is 24.0 Å². The Hall–Kier alpha value is -1.12. The molecule has 0 bridgehead atoms. The Labute approximate surface area is 184 Å². The highest BCUT2D eigenvalue weighted by Crippen LogP contribution is 2.14. The molecule has 0 radical (unpaired) electrons. The summed E-state index contributed by atoms with van der Waals surface area (Å²) >= 11 is 1.76. The largest absolute Gasteiger partial charge is 0.352 e. The van der Waals surface area contributed by atoms with Crippen molar-refractivity contribution in [3.05, 3.63) is 57.8 Å². The molecular formula is C21H31IN4S. The van der Waals surface area contributed by atoms with Gasteiger partial charge in [0.2, 0.25) is 0 Å². The van der Waals surface area contributed by atoms with Crippen molar-refractivity contribution in [2.45, 2.75) is 45.3 Å². The van der Waals surface area contributed by atoms with E-state index in [2.05, 4.69) is 62.3 Å². The fraction of sp³-hybridized carbons (Fsp3) is 0.476. The number of halogens is 1. The van der Waals surface area contributed by atoms with Crippen LogP contribution in [0.4, 0.5) is 0 Å². The van der Waals surface area contributed by atoms with E-state index in [1.807, 2.05) is 7.05 Å². The van der Waals surface area contributed by atoms with Crippen molar-refractivity contribution in [2.75, 3.05) is 20.1 Å². The summed E-state index contributed by atoms with van der Waals surface area (Å²) in [6.07, 6.45) is 5.48. The first-order valence-corrected chi connectivity index (χ1v) is 10.5. The van der Waals surface area contributed by atoms with E-state index in [9.17, 15) is 0 Å². The molecule has 1 aromatic carbocycles. The van der Waals surface area contributed by atoms with E-state index < -0.39 is 0 Å². The second-order valence-corrected chi connectivity index (χ2v) is 7.90. The molecule has 0 amide bonds. The van der Waals surface area contributed by atoms with Crippen molar-refractivity contribution in [1.29, 1.82) is 0 Å². The molecule has 27 heavy (non-hydrogen) atoms. The van der Waals surface area contributed by atoms with Crippen LogP contribution in [0.25, 0.3) is 0 Å². The lowest BCUT2D eigenvalue weighted by Gasteiger charge is -2.20. The Balaban J connectivity index is 0.00000261. The third-order valence-electron chi connectivity index (χ3n) is 4.82. The number of benzene rings is 1. The molecule has 1 saturated heterocycles. The molecule has 1 aliphatic heterocycles. The van der Waals surface area contributed by atoms with Crippen LogP contribution >= 0.6 is 35.3 Å². The van der Waals surface area contributed by atoms with Gasteiger partial charge in [0.25, 0.3) is 0 Å². The van der Waals surface area contributed by atoms with Crippen molar-refractivity contribution in [1.82, 2.24) is 15.5 Å². The molecule has 0 aliphatic carbocycles. The summed E-state index contributed by atoms with van der Waals surface area (Å²) in [6, 6.07) is 13.2. The minimum atomic E-state index is 0. The Kier molecular flexibility index (Phi) is 10.2. The van der Waals surface area contributed by atoms with Gasteiger partial charge in [0.15, 0.2) is 5.96 Å². The van der Waals surface area contributed by atoms with Crippen molar-refractivity contribution in [3.63, 3.8) is 0 Å². The lowest BCUT2D eigenvalue weighted by Crippen LogP contribution is -2.36. The second kappa shape index (κ2) is 12.4. The first-order chi connectivity index (χ1) is 12.8. The summed E-state index contributed by atoms with van der Waals surface area (Å²) < 4.78 is 0. The van der Waals surface area contributed by atoms with Crippen LogP contribution in [0, 0.1) is 0 Å². The summed E-state index contributed by atoms with van der Waals surface area (Å²) in [4.78, 5) is 8.20. The molecule has 0 spiro atoms. The molecule has 4 nitrogen and oxygen atoms in total. The van der Waals surface area contributed by atoms with Crippen LogP contribution in [0.1, 0.15) is 41.7 Å². The van der Waals surface area contributed by atoms with Crippen LogP contribution in [-0.2, 0) is 19.6 Å². The highest BCUT2D eigenvalue weighted by atomic mass is 127. The van der Waals surface area contributed by atoms with Gasteiger partial charge in [-0.15, -0.1) is 35.3 Å². The van der Waals surface area contributed by atoms with Gasteiger partial charge in [0.1, 0.15) is 0 Å². The second-order valence-electron chi connectivity index (χ2n) is 6.87. The molecule has 0 unspecified atom stereocenters. The molecule has 148 valence electrons. The number of likely N-dealkylation sites (tertiary alicyclic amines) is 1.